The highest BCUT2D eigenvalue weighted by Crippen LogP contribution is 2.21. The van der Waals surface area contributed by atoms with Crippen LogP contribution < -0.4 is 0 Å². The lowest BCUT2D eigenvalue weighted by Gasteiger charge is -2.25. The lowest BCUT2D eigenvalue weighted by molar-refractivity contribution is 0.336. The Morgan fingerprint density at radius 3 is 2.20 bits per heavy atom. The lowest BCUT2D eigenvalue weighted by atomic mass is 9.93. The third-order valence-electron chi connectivity index (χ3n) is 3.47. The molecule has 0 fully saturated rings. The summed E-state index contributed by atoms with van der Waals surface area (Å²) in [7, 11) is 2.19. The van der Waals surface area contributed by atoms with Gasteiger partial charge in [0.1, 0.15) is 0 Å². The molecule has 0 aliphatic rings. The van der Waals surface area contributed by atoms with Crippen molar-refractivity contribution >= 4 is 0 Å². The zero-order valence-corrected chi connectivity index (χ0v) is 11.5. The molecule has 0 amide bonds. The molecule has 0 radical (unpaired) electrons. The first-order valence-corrected chi connectivity index (χ1v) is 6.46. The highest BCUT2D eigenvalue weighted by molar-refractivity contribution is 5.02. The molecule has 1 nitrogen and oxygen atoms in total. The van der Waals surface area contributed by atoms with Gasteiger partial charge in [0.15, 0.2) is 0 Å². The monoisotopic (exact) mass is 211 g/mol. The van der Waals surface area contributed by atoms with Crippen molar-refractivity contribution in [2.45, 2.75) is 66.3 Å². The second-order valence-corrected chi connectivity index (χ2v) is 4.69. The van der Waals surface area contributed by atoms with E-state index in [-0.39, 0.29) is 0 Å². The van der Waals surface area contributed by atoms with Crippen LogP contribution in [0.1, 0.15) is 60.3 Å². The Bertz CT molecular complexity index is 184. The summed E-state index contributed by atoms with van der Waals surface area (Å²) in [6.07, 6.45) is 7.44. The zero-order chi connectivity index (χ0) is 11.8. The van der Waals surface area contributed by atoms with Gasteiger partial charge < -0.3 is 4.90 Å². The van der Waals surface area contributed by atoms with Crippen molar-refractivity contribution < 1.29 is 0 Å². The second kappa shape index (κ2) is 7.78. The molecule has 0 aromatic heterocycles. The predicted octanol–water partition coefficient (Wildman–Crippen LogP) is 4.45. The summed E-state index contributed by atoms with van der Waals surface area (Å²) in [5, 5.41) is 0. The molecule has 1 heteroatoms. The lowest BCUT2D eigenvalue weighted by Crippen LogP contribution is -2.23. The Morgan fingerprint density at radius 2 is 1.80 bits per heavy atom. The van der Waals surface area contributed by atoms with Gasteiger partial charge in [0.25, 0.3) is 0 Å². The van der Waals surface area contributed by atoms with Gasteiger partial charge in [-0.1, -0.05) is 32.8 Å². The molecule has 90 valence electrons. The zero-order valence-electron chi connectivity index (χ0n) is 11.5. The quantitative estimate of drug-likeness (QED) is 0.601. The van der Waals surface area contributed by atoms with Crippen LogP contribution in [0.5, 0.6) is 0 Å². The molecule has 0 saturated carbocycles. The maximum Gasteiger partial charge on any atom is 0.0250 e. The van der Waals surface area contributed by atoms with Crippen LogP contribution in [0.15, 0.2) is 11.8 Å². The van der Waals surface area contributed by atoms with E-state index in [4.69, 9.17) is 0 Å². The normalized spacial score (nSPS) is 16.3. The molecule has 15 heavy (non-hydrogen) atoms. The van der Waals surface area contributed by atoms with E-state index in [2.05, 4.69) is 52.8 Å². The molecule has 0 heterocycles. The van der Waals surface area contributed by atoms with Crippen LogP contribution in [0.25, 0.3) is 0 Å². The largest absolute Gasteiger partial charge is 0.378 e. The molecule has 0 aromatic rings. The number of hydrogen-bond donors (Lipinski definition) is 0. The minimum absolute atomic E-state index is 0.652. The molecule has 0 bridgehead atoms. The van der Waals surface area contributed by atoms with E-state index in [0.717, 1.165) is 5.92 Å². The van der Waals surface area contributed by atoms with Gasteiger partial charge in [0, 0.05) is 13.1 Å². The molecule has 0 rings (SSSR count). The summed E-state index contributed by atoms with van der Waals surface area (Å²) in [6.45, 7) is 11.4. The van der Waals surface area contributed by atoms with Gasteiger partial charge in [-0.05, 0) is 45.2 Å². The third kappa shape index (κ3) is 5.25. The topological polar surface area (TPSA) is 3.24 Å². The van der Waals surface area contributed by atoms with Crippen LogP contribution >= 0.6 is 0 Å². The summed E-state index contributed by atoms with van der Waals surface area (Å²) >= 11 is 0. The summed E-state index contributed by atoms with van der Waals surface area (Å²) in [6, 6.07) is 0.652. The maximum absolute atomic E-state index is 2.35. The summed E-state index contributed by atoms with van der Waals surface area (Å²) in [5.74, 6) is 0.779. The van der Waals surface area contributed by atoms with E-state index in [9.17, 15) is 0 Å². The second-order valence-electron chi connectivity index (χ2n) is 4.69. The molecular formula is C14H29N. The van der Waals surface area contributed by atoms with Gasteiger partial charge in [0.05, 0.1) is 0 Å². The number of nitrogens with zero attached hydrogens (tertiary/aromatic N) is 1. The maximum atomic E-state index is 2.35. The van der Waals surface area contributed by atoms with Crippen molar-refractivity contribution in [2.75, 3.05) is 7.05 Å². The Kier molecular flexibility index (Phi) is 7.54. The molecular weight excluding hydrogens is 182 g/mol. The Morgan fingerprint density at radius 1 is 1.20 bits per heavy atom. The van der Waals surface area contributed by atoms with E-state index < -0.39 is 0 Å². The van der Waals surface area contributed by atoms with Crippen LogP contribution in [0.2, 0.25) is 0 Å². The predicted molar refractivity (Wildman–Crippen MR) is 70.0 cm³/mol. The Balaban J connectivity index is 4.37. The van der Waals surface area contributed by atoms with E-state index in [0.29, 0.717) is 6.04 Å². The smallest absolute Gasteiger partial charge is 0.0250 e. The fourth-order valence-electron chi connectivity index (χ4n) is 1.94. The summed E-state index contributed by atoms with van der Waals surface area (Å²) < 4.78 is 0. The van der Waals surface area contributed by atoms with E-state index >= 15 is 0 Å². The molecule has 0 saturated heterocycles. The molecule has 0 aliphatic carbocycles. The van der Waals surface area contributed by atoms with Crippen molar-refractivity contribution in [3.63, 3.8) is 0 Å². The number of allylic oxidation sites excluding steroid dienone is 1. The van der Waals surface area contributed by atoms with Gasteiger partial charge in [-0.25, -0.2) is 0 Å². The van der Waals surface area contributed by atoms with E-state index in [1.807, 2.05) is 0 Å². The standard InChI is InChI=1S/C14H29N/c1-7-10-14(9-3)12(4)11-15(6)13(5)8-2/h11,13-14H,7-10H2,1-6H3/b12-11-. The highest BCUT2D eigenvalue weighted by Gasteiger charge is 2.09. The van der Waals surface area contributed by atoms with Crippen LogP contribution in [0.4, 0.5) is 0 Å². The van der Waals surface area contributed by atoms with Crippen molar-refractivity contribution in [1.29, 1.82) is 0 Å². The van der Waals surface area contributed by atoms with Crippen molar-refractivity contribution in [2.24, 2.45) is 5.92 Å². The molecule has 0 aliphatic heterocycles. The van der Waals surface area contributed by atoms with Gasteiger partial charge in [0.2, 0.25) is 0 Å². The first-order chi connectivity index (χ1) is 7.06. The van der Waals surface area contributed by atoms with Crippen molar-refractivity contribution in [3.8, 4) is 0 Å². The summed E-state index contributed by atoms with van der Waals surface area (Å²) in [4.78, 5) is 2.35. The van der Waals surface area contributed by atoms with Gasteiger partial charge in [-0.2, -0.15) is 0 Å². The SMILES string of the molecule is CCCC(CC)/C(C)=C\N(C)C(C)CC. The van der Waals surface area contributed by atoms with E-state index in [1.165, 1.54) is 25.7 Å². The Hall–Kier alpha value is -0.460. The van der Waals surface area contributed by atoms with Gasteiger partial charge in [-0.15, -0.1) is 0 Å². The minimum atomic E-state index is 0.652. The first kappa shape index (κ1) is 14.5. The number of rotatable bonds is 7. The highest BCUT2D eigenvalue weighted by atomic mass is 15.1. The van der Waals surface area contributed by atoms with Crippen LogP contribution in [0.3, 0.4) is 0 Å². The molecule has 0 N–H and O–H groups in total. The fraction of sp³-hybridized carbons (Fsp3) is 0.857. The van der Waals surface area contributed by atoms with Crippen LogP contribution in [0, 0.1) is 5.92 Å². The molecule has 2 unspecified atom stereocenters. The fourth-order valence-corrected chi connectivity index (χ4v) is 1.94. The third-order valence-corrected chi connectivity index (χ3v) is 3.47. The van der Waals surface area contributed by atoms with E-state index in [1.54, 1.807) is 5.57 Å². The van der Waals surface area contributed by atoms with Gasteiger partial charge in [-0.3, -0.25) is 0 Å². The molecule has 2 atom stereocenters. The molecule has 0 spiro atoms. The van der Waals surface area contributed by atoms with Crippen LogP contribution in [-0.4, -0.2) is 18.0 Å². The average Bonchev–Trinajstić information content (AvgIpc) is 2.24. The number of hydrogen-bond acceptors (Lipinski definition) is 1. The Labute approximate surface area is 96.6 Å². The van der Waals surface area contributed by atoms with Gasteiger partial charge >= 0.3 is 0 Å². The molecule has 0 aromatic carbocycles. The minimum Gasteiger partial charge on any atom is -0.378 e. The van der Waals surface area contributed by atoms with Crippen LogP contribution in [-0.2, 0) is 0 Å². The average molecular weight is 211 g/mol. The van der Waals surface area contributed by atoms with Crippen molar-refractivity contribution in [1.82, 2.24) is 4.90 Å². The summed E-state index contributed by atoms with van der Waals surface area (Å²) in [5.41, 5.74) is 1.54. The van der Waals surface area contributed by atoms with Crippen molar-refractivity contribution in [3.05, 3.63) is 11.8 Å². The first-order valence-electron chi connectivity index (χ1n) is 6.46.